The van der Waals surface area contributed by atoms with Crippen molar-refractivity contribution >= 4 is 38.5 Å². The molecule has 2 aromatic rings. The molecule has 2 aromatic carbocycles. The molecule has 0 spiro atoms. The number of rotatable bonds is 3. The molecule has 1 unspecified atom stereocenters. The van der Waals surface area contributed by atoms with Crippen molar-refractivity contribution in [3.8, 4) is 5.75 Å². The van der Waals surface area contributed by atoms with E-state index in [1.54, 1.807) is 18.2 Å². The summed E-state index contributed by atoms with van der Waals surface area (Å²) in [5, 5.41) is 10.4. The van der Waals surface area contributed by atoms with Gasteiger partial charge >= 0.3 is 6.36 Å². The molecule has 1 N–H and O–H groups in total. The van der Waals surface area contributed by atoms with Gasteiger partial charge in [-0.05, 0) is 46.9 Å². The van der Waals surface area contributed by atoms with Crippen LogP contribution in [-0.4, -0.2) is 11.5 Å². The van der Waals surface area contributed by atoms with Crippen LogP contribution < -0.4 is 4.74 Å². The summed E-state index contributed by atoms with van der Waals surface area (Å²) in [7, 11) is 0. The summed E-state index contributed by atoms with van der Waals surface area (Å²) in [5.41, 5.74) is 0.526. The monoisotopic (exact) mass is 472 g/mol. The molecule has 0 heterocycles. The summed E-state index contributed by atoms with van der Waals surface area (Å²) in [6.45, 7) is 0. The third kappa shape index (κ3) is 4.33. The van der Waals surface area contributed by atoms with Crippen molar-refractivity contribution < 1.29 is 23.0 Å². The van der Waals surface area contributed by atoms with E-state index in [0.29, 0.717) is 10.0 Å². The van der Waals surface area contributed by atoms with E-state index in [1.165, 1.54) is 18.2 Å². The van der Waals surface area contributed by atoms with E-state index in [9.17, 15) is 18.3 Å². The Morgan fingerprint density at radius 3 is 2.43 bits per heavy atom. The molecule has 0 bridgehead atoms. The van der Waals surface area contributed by atoms with Crippen LogP contribution in [0.15, 0.2) is 46.9 Å². The molecule has 0 aliphatic heterocycles. The van der Waals surface area contributed by atoms with Crippen molar-refractivity contribution in [3.05, 3.63) is 61.6 Å². The third-order valence-corrected chi connectivity index (χ3v) is 4.09. The van der Waals surface area contributed by atoms with Crippen LogP contribution in [0.3, 0.4) is 0 Å². The van der Waals surface area contributed by atoms with E-state index in [4.69, 9.17) is 0 Å². The highest BCUT2D eigenvalue weighted by Gasteiger charge is 2.33. The molecular weight excluding hydrogens is 464 g/mol. The lowest BCUT2D eigenvalue weighted by Gasteiger charge is -2.18. The van der Waals surface area contributed by atoms with Crippen molar-refractivity contribution in [3.63, 3.8) is 0 Å². The zero-order valence-electron chi connectivity index (χ0n) is 10.4. The second kappa shape index (κ2) is 6.53. The Hall–Kier alpha value is -0.800. The van der Waals surface area contributed by atoms with Gasteiger partial charge in [-0.1, -0.05) is 34.1 Å². The Bertz CT molecular complexity index is 646. The third-order valence-electron chi connectivity index (χ3n) is 2.69. The SMILES string of the molecule is OC(c1cc(I)ccc1Br)c1ccccc1OC(F)(F)F. The summed E-state index contributed by atoms with van der Waals surface area (Å²) in [5.74, 6) is -0.414. The average Bonchev–Trinajstić information content (AvgIpc) is 2.39. The summed E-state index contributed by atoms with van der Waals surface area (Å²) >= 11 is 5.35. The first-order valence-corrected chi connectivity index (χ1v) is 7.63. The van der Waals surface area contributed by atoms with E-state index in [-0.39, 0.29) is 5.56 Å². The van der Waals surface area contributed by atoms with Crippen LogP contribution in [0, 0.1) is 3.57 Å². The highest BCUT2D eigenvalue weighted by molar-refractivity contribution is 14.1. The molecule has 0 aliphatic rings. The first-order chi connectivity index (χ1) is 9.78. The van der Waals surface area contributed by atoms with E-state index < -0.39 is 18.2 Å². The van der Waals surface area contributed by atoms with Gasteiger partial charge in [-0.3, -0.25) is 0 Å². The first kappa shape index (κ1) is 16.6. The van der Waals surface area contributed by atoms with Gasteiger partial charge in [0.25, 0.3) is 0 Å². The van der Waals surface area contributed by atoms with Gasteiger partial charge in [-0.25, -0.2) is 0 Å². The smallest absolute Gasteiger partial charge is 0.405 e. The number of halogens is 5. The van der Waals surface area contributed by atoms with E-state index in [2.05, 4.69) is 43.3 Å². The number of para-hydroxylation sites is 1. The highest BCUT2D eigenvalue weighted by Crippen LogP contribution is 2.36. The van der Waals surface area contributed by atoms with Crippen LogP contribution in [0.5, 0.6) is 5.75 Å². The van der Waals surface area contributed by atoms with E-state index in [0.717, 1.165) is 3.57 Å². The molecule has 0 saturated carbocycles. The van der Waals surface area contributed by atoms with Gasteiger partial charge in [0.1, 0.15) is 11.9 Å². The molecule has 0 aromatic heterocycles. The molecule has 0 aliphatic carbocycles. The summed E-state index contributed by atoms with van der Waals surface area (Å²) in [6.07, 6.45) is -6.04. The van der Waals surface area contributed by atoms with Gasteiger partial charge < -0.3 is 9.84 Å². The molecule has 21 heavy (non-hydrogen) atoms. The minimum absolute atomic E-state index is 0.0533. The molecule has 2 rings (SSSR count). The molecular formula is C14H9BrF3IO2. The maximum Gasteiger partial charge on any atom is 0.573 e. The molecule has 2 nitrogen and oxygen atoms in total. The normalized spacial score (nSPS) is 13.0. The van der Waals surface area contributed by atoms with Crippen molar-refractivity contribution in [2.45, 2.75) is 12.5 Å². The molecule has 112 valence electrons. The Labute approximate surface area is 141 Å². The number of aliphatic hydroxyl groups is 1. The van der Waals surface area contributed by atoms with Gasteiger partial charge in [-0.2, -0.15) is 0 Å². The van der Waals surface area contributed by atoms with Gasteiger partial charge in [0.15, 0.2) is 0 Å². The van der Waals surface area contributed by atoms with Gasteiger partial charge in [0.05, 0.1) is 0 Å². The Balaban J connectivity index is 2.44. The van der Waals surface area contributed by atoms with Crippen molar-refractivity contribution in [1.82, 2.24) is 0 Å². The average molecular weight is 473 g/mol. The lowest BCUT2D eigenvalue weighted by Crippen LogP contribution is -2.19. The molecule has 7 heteroatoms. The van der Waals surface area contributed by atoms with Gasteiger partial charge in [0.2, 0.25) is 0 Å². The number of aliphatic hydroxyl groups excluding tert-OH is 1. The van der Waals surface area contributed by atoms with Gasteiger partial charge in [0, 0.05) is 19.2 Å². The fraction of sp³-hybridized carbons (Fsp3) is 0.143. The van der Waals surface area contributed by atoms with Crippen LogP contribution >= 0.6 is 38.5 Å². The lowest BCUT2D eigenvalue weighted by atomic mass is 10.0. The standard InChI is InChI=1S/C14H9BrF3IO2/c15-11-6-5-8(19)7-10(11)13(20)9-3-1-2-4-12(9)21-14(16,17)18/h1-7,13,20H. The van der Waals surface area contributed by atoms with Crippen molar-refractivity contribution in [2.24, 2.45) is 0 Å². The van der Waals surface area contributed by atoms with Crippen molar-refractivity contribution in [2.75, 3.05) is 0 Å². The molecule has 0 fully saturated rings. The maximum absolute atomic E-state index is 12.4. The summed E-state index contributed by atoms with van der Waals surface area (Å²) in [4.78, 5) is 0. The zero-order valence-corrected chi connectivity index (χ0v) is 14.1. The predicted octanol–water partition coefficient (Wildman–Crippen LogP) is 5.03. The minimum atomic E-state index is -4.81. The zero-order chi connectivity index (χ0) is 15.6. The highest BCUT2D eigenvalue weighted by atomic mass is 127. The number of ether oxygens (including phenoxy) is 1. The molecule has 1 atom stereocenters. The van der Waals surface area contributed by atoms with Crippen LogP contribution in [0.1, 0.15) is 17.2 Å². The molecule has 0 radical (unpaired) electrons. The summed E-state index contributed by atoms with van der Waals surface area (Å²) in [6, 6.07) is 10.8. The predicted molar refractivity (Wildman–Crippen MR) is 84.0 cm³/mol. The van der Waals surface area contributed by atoms with Crippen molar-refractivity contribution in [1.29, 1.82) is 0 Å². The van der Waals surface area contributed by atoms with Crippen LogP contribution in [0.2, 0.25) is 0 Å². The van der Waals surface area contributed by atoms with Gasteiger partial charge in [-0.15, -0.1) is 13.2 Å². The number of hydrogen-bond donors (Lipinski definition) is 1. The van der Waals surface area contributed by atoms with Crippen LogP contribution in [0.4, 0.5) is 13.2 Å². The lowest BCUT2D eigenvalue weighted by molar-refractivity contribution is -0.275. The Kier molecular flexibility index (Phi) is 5.15. The van der Waals surface area contributed by atoms with Crippen LogP contribution in [-0.2, 0) is 0 Å². The fourth-order valence-corrected chi connectivity index (χ4v) is 2.79. The second-order valence-electron chi connectivity index (χ2n) is 4.15. The van der Waals surface area contributed by atoms with E-state index >= 15 is 0 Å². The Morgan fingerprint density at radius 2 is 1.76 bits per heavy atom. The minimum Gasteiger partial charge on any atom is -0.405 e. The quantitative estimate of drug-likeness (QED) is 0.634. The fourth-order valence-electron chi connectivity index (χ4n) is 1.82. The number of hydrogen-bond acceptors (Lipinski definition) is 2. The first-order valence-electron chi connectivity index (χ1n) is 5.75. The number of alkyl halides is 3. The van der Waals surface area contributed by atoms with E-state index in [1.807, 2.05) is 6.07 Å². The maximum atomic E-state index is 12.4. The summed E-state index contributed by atoms with van der Waals surface area (Å²) < 4.78 is 42.7. The molecule has 0 amide bonds. The van der Waals surface area contributed by atoms with Crippen LogP contribution in [0.25, 0.3) is 0 Å². The topological polar surface area (TPSA) is 29.5 Å². The second-order valence-corrected chi connectivity index (χ2v) is 6.25. The molecule has 0 saturated heterocycles. The Morgan fingerprint density at radius 1 is 1.10 bits per heavy atom. The number of benzene rings is 2. The largest absolute Gasteiger partial charge is 0.573 e.